The van der Waals surface area contributed by atoms with Crippen LogP contribution in [0.25, 0.3) is 218 Å². The fourth-order valence-corrected chi connectivity index (χ4v) is 17.4. The summed E-state index contributed by atoms with van der Waals surface area (Å²) in [6, 6.07) is 119. The molecule has 420 valence electrons. The van der Waals surface area contributed by atoms with Crippen LogP contribution in [0, 0.1) is 0 Å². The average Bonchev–Trinajstić information content (AvgIpc) is 1.42. The summed E-state index contributed by atoms with van der Waals surface area (Å²) >= 11 is 0. The monoisotopic (exact) mass is 1160 g/mol. The van der Waals surface area contributed by atoms with Crippen molar-refractivity contribution in [3.63, 3.8) is 0 Å². The largest absolute Gasteiger partial charge is 0.0622 e. The molecule has 0 heteroatoms. The van der Waals surface area contributed by atoms with Crippen LogP contribution in [0.4, 0.5) is 0 Å². The zero-order chi connectivity index (χ0) is 59.9. The fraction of sp³-hybridized carbons (Fsp3) is 0. The van der Waals surface area contributed by atoms with E-state index in [1.807, 2.05) is 0 Å². The lowest BCUT2D eigenvalue weighted by atomic mass is 9.80. The molecule has 92 heavy (non-hydrogen) atoms. The van der Waals surface area contributed by atoms with Gasteiger partial charge in [-0.1, -0.05) is 291 Å². The summed E-state index contributed by atoms with van der Waals surface area (Å²) in [6.07, 6.45) is 0. The van der Waals surface area contributed by atoms with Crippen LogP contribution in [0.1, 0.15) is 0 Å². The van der Waals surface area contributed by atoms with Gasteiger partial charge in [0, 0.05) is 0 Å². The fourth-order valence-electron chi connectivity index (χ4n) is 17.4. The van der Waals surface area contributed by atoms with E-state index in [1.54, 1.807) is 0 Å². The van der Waals surface area contributed by atoms with Gasteiger partial charge in [0.15, 0.2) is 0 Å². The predicted octanol–water partition coefficient (Wildman–Crippen LogP) is 26.1. The standard InChI is InChI=1S/C92H52/c1-9-25-53(26-10-1)65-45-46-66(54-27-11-2-12-28-54)84-74(58-35-19-6-20-36-58)88-70-50-62-43-44-64-52-72-82-71(51-63-42-41-61-49-69(87(88)73(83(65)84)57-33-17-5-18-34-57)81(70)91-77(61)79(63)92(82)80(64)78(62)91)89-75(59-37-21-7-22-38-59)85-67(55-29-13-3-14-30-55)47-48-68(56-31-15-4-16-32-56)86(85)76(90(72)89)60-39-23-8-24-40-60/h1-52H. The highest BCUT2D eigenvalue weighted by molar-refractivity contribution is 6.56. The molecule has 0 spiro atoms. The molecule has 0 nitrogen and oxygen atoms in total. The van der Waals surface area contributed by atoms with Crippen LogP contribution in [0.2, 0.25) is 0 Å². The van der Waals surface area contributed by atoms with Crippen molar-refractivity contribution in [2.45, 2.75) is 0 Å². The maximum Gasteiger partial charge on any atom is -0.000136 e. The molecule has 0 N–H and O–H groups in total. The molecule has 0 radical (unpaired) electrons. The molecule has 0 aliphatic heterocycles. The third-order valence-corrected chi connectivity index (χ3v) is 20.9. The quantitative estimate of drug-likeness (QED) is 0.105. The Hall–Kier alpha value is -12.0. The van der Waals surface area contributed by atoms with Crippen molar-refractivity contribution in [2.24, 2.45) is 0 Å². The molecule has 0 unspecified atom stereocenters. The Morgan fingerprint density at radius 1 is 0.120 bits per heavy atom. The van der Waals surface area contributed by atoms with Gasteiger partial charge in [-0.15, -0.1) is 0 Å². The van der Waals surface area contributed by atoms with Crippen molar-refractivity contribution in [2.75, 3.05) is 0 Å². The molecule has 0 aliphatic rings. The number of hydrogen-bond acceptors (Lipinski definition) is 0. The van der Waals surface area contributed by atoms with E-state index in [0.717, 1.165) is 0 Å². The number of hydrogen-bond donors (Lipinski definition) is 0. The minimum absolute atomic E-state index is 1.20. The lowest BCUT2D eigenvalue weighted by molar-refractivity contribution is 1.62. The van der Waals surface area contributed by atoms with Crippen molar-refractivity contribution in [1.82, 2.24) is 0 Å². The molecule has 0 bridgehead atoms. The summed E-state index contributed by atoms with van der Waals surface area (Å²) in [7, 11) is 0. The Balaban J connectivity index is 1.01. The summed E-state index contributed by atoms with van der Waals surface area (Å²) in [5, 5.41) is 31.5. The van der Waals surface area contributed by atoms with E-state index in [-0.39, 0.29) is 0 Å². The highest BCUT2D eigenvalue weighted by atomic mass is 14.4. The maximum absolute atomic E-state index is 2.60. The average molecular weight is 1160 g/mol. The van der Waals surface area contributed by atoms with Crippen LogP contribution < -0.4 is 0 Å². The third kappa shape index (κ3) is 6.64. The van der Waals surface area contributed by atoms with E-state index >= 15 is 0 Å². The van der Waals surface area contributed by atoms with Crippen LogP contribution in [0.3, 0.4) is 0 Å². The molecule has 0 amide bonds. The lowest BCUT2D eigenvalue weighted by Gasteiger charge is -2.22. The van der Waals surface area contributed by atoms with E-state index in [2.05, 4.69) is 315 Å². The van der Waals surface area contributed by atoms with Gasteiger partial charge in [0.1, 0.15) is 0 Å². The molecule has 0 atom stereocenters. The van der Waals surface area contributed by atoms with E-state index in [1.165, 1.54) is 218 Å². The minimum Gasteiger partial charge on any atom is -0.0622 e. The van der Waals surface area contributed by atoms with Gasteiger partial charge in [0.05, 0.1) is 0 Å². The zero-order valence-corrected chi connectivity index (χ0v) is 50.0. The van der Waals surface area contributed by atoms with E-state index in [0.29, 0.717) is 0 Å². The minimum atomic E-state index is 1.20. The Labute approximate surface area is 530 Å². The van der Waals surface area contributed by atoms with Crippen molar-refractivity contribution < 1.29 is 0 Å². The van der Waals surface area contributed by atoms with Gasteiger partial charge in [0.2, 0.25) is 0 Å². The Morgan fingerprint density at radius 3 is 0.500 bits per heavy atom. The van der Waals surface area contributed by atoms with E-state index < -0.39 is 0 Å². The topological polar surface area (TPSA) is 0 Å². The second kappa shape index (κ2) is 18.8. The second-order valence-electron chi connectivity index (χ2n) is 25.5. The molecule has 21 aromatic carbocycles. The smallest absolute Gasteiger partial charge is 0.000136 e. The van der Waals surface area contributed by atoms with Crippen molar-refractivity contribution in [3.05, 3.63) is 315 Å². The van der Waals surface area contributed by atoms with Crippen LogP contribution in [-0.4, -0.2) is 0 Å². The molecule has 21 aromatic rings. The molecule has 0 fully saturated rings. The van der Waals surface area contributed by atoms with Gasteiger partial charge in [-0.05, 0) is 243 Å². The Morgan fingerprint density at radius 2 is 0.304 bits per heavy atom. The van der Waals surface area contributed by atoms with Gasteiger partial charge < -0.3 is 0 Å². The molecule has 0 aromatic heterocycles. The van der Waals surface area contributed by atoms with E-state index in [4.69, 9.17) is 0 Å². The SMILES string of the molecule is c1ccc(-c2ccc(-c3ccccc3)c3c(-c4ccccc4)c4c5cc6ccc7cc8c9c(-c%10ccccc%10)c%10c(-c%11ccccc%11)ccc(-c%11ccccc%11)c%10c(-c%10ccccc%10)c9c9cc%10ccc%11cc(c4c(-c4ccccc4)c23)c5c2c%11c%10c(c98)c7c62)cc1. The first-order valence-electron chi connectivity index (χ1n) is 32.2. The lowest BCUT2D eigenvalue weighted by Crippen LogP contribution is -1.95. The summed E-state index contributed by atoms with van der Waals surface area (Å²) in [5.74, 6) is 0. The molecule has 0 saturated heterocycles. The predicted molar refractivity (Wildman–Crippen MR) is 396 cm³/mol. The number of rotatable bonds is 8. The summed E-state index contributed by atoms with van der Waals surface area (Å²) in [6.45, 7) is 0. The summed E-state index contributed by atoms with van der Waals surface area (Å²) in [5.41, 5.74) is 19.7. The van der Waals surface area contributed by atoms with Crippen LogP contribution >= 0.6 is 0 Å². The normalized spacial score (nSPS) is 12.3. The van der Waals surface area contributed by atoms with Gasteiger partial charge in [-0.3, -0.25) is 0 Å². The Bertz CT molecular complexity index is 5710. The first-order chi connectivity index (χ1) is 45.7. The first kappa shape index (κ1) is 50.0. The Kier molecular flexibility index (Phi) is 10.2. The van der Waals surface area contributed by atoms with E-state index in [9.17, 15) is 0 Å². The number of fused-ring (bicyclic) bond motifs is 8. The molecule has 0 heterocycles. The summed E-state index contributed by atoms with van der Waals surface area (Å²) < 4.78 is 0. The van der Waals surface area contributed by atoms with Crippen LogP contribution in [0.15, 0.2) is 315 Å². The van der Waals surface area contributed by atoms with Crippen molar-refractivity contribution >= 4 is 129 Å². The second-order valence-corrected chi connectivity index (χ2v) is 25.5. The first-order valence-corrected chi connectivity index (χ1v) is 32.2. The van der Waals surface area contributed by atoms with Crippen LogP contribution in [-0.2, 0) is 0 Å². The molecular weight excluding hydrogens is 1110 g/mol. The zero-order valence-electron chi connectivity index (χ0n) is 50.0. The van der Waals surface area contributed by atoms with Gasteiger partial charge in [-0.25, -0.2) is 0 Å². The van der Waals surface area contributed by atoms with Gasteiger partial charge >= 0.3 is 0 Å². The molecule has 0 saturated carbocycles. The maximum atomic E-state index is 2.60. The van der Waals surface area contributed by atoms with Gasteiger partial charge in [0.25, 0.3) is 0 Å². The number of benzene rings is 19. The molecule has 0 aliphatic carbocycles. The molecular formula is C92H52. The van der Waals surface area contributed by atoms with Crippen molar-refractivity contribution in [3.8, 4) is 89.0 Å². The molecule has 21 rings (SSSR count). The highest BCUT2D eigenvalue weighted by Gasteiger charge is 2.34. The van der Waals surface area contributed by atoms with Gasteiger partial charge in [-0.2, -0.15) is 0 Å². The van der Waals surface area contributed by atoms with Crippen LogP contribution in [0.5, 0.6) is 0 Å². The highest BCUT2D eigenvalue weighted by Crippen LogP contribution is 2.62. The van der Waals surface area contributed by atoms with Crippen molar-refractivity contribution in [1.29, 1.82) is 0 Å². The summed E-state index contributed by atoms with van der Waals surface area (Å²) in [4.78, 5) is 0. The third-order valence-electron chi connectivity index (χ3n) is 20.9.